The monoisotopic (exact) mass is 324 g/mol. The van der Waals surface area contributed by atoms with Crippen molar-refractivity contribution in [3.8, 4) is 0 Å². The summed E-state index contributed by atoms with van der Waals surface area (Å²) in [5, 5.41) is 0. The molecule has 0 N–H and O–H groups in total. The van der Waals surface area contributed by atoms with Crippen molar-refractivity contribution in [1.82, 2.24) is 4.90 Å². The van der Waals surface area contributed by atoms with Crippen LogP contribution in [0.1, 0.15) is 31.7 Å². The summed E-state index contributed by atoms with van der Waals surface area (Å²) in [7, 11) is -3.49. The Hall–Kier alpha value is -1.56. The first-order valence-corrected chi connectivity index (χ1v) is 9.61. The highest BCUT2D eigenvalue weighted by atomic mass is 32.2. The lowest BCUT2D eigenvalue weighted by Crippen LogP contribution is -2.44. The summed E-state index contributed by atoms with van der Waals surface area (Å²) in [6.45, 7) is 3.38. The Morgan fingerprint density at radius 3 is 2.23 bits per heavy atom. The lowest BCUT2D eigenvalue weighted by atomic mass is 10.1. The number of hydrogen-bond donors (Lipinski definition) is 0. The van der Waals surface area contributed by atoms with E-state index in [1.165, 1.54) is 4.31 Å². The van der Waals surface area contributed by atoms with E-state index in [0.717, 1.165) is 50.6 Å². The van der Waals surface area contributed by atoms with Gasteiger partial charge in [-0.1, -0.05) is 19.1 Å². The Balaban J connectivity index is 2.17. The van der Waals surface area contributed by atoms with Gasteiger partial charge in [-0.05, 0) is 43.4 Å². The van der Waals surface area contributed by atoms with Crippen molar-refractivity contribution in [1.29, 1.82) is 0 Å². The molecule has 0 unspecified atom stereocenters. The molecule has 6 heteroatoms. The number of hydrogen-bond acceptors (Lipinski definition) is 3. The van der Waals surface area contributed by atoms with Crippen molar-refractivity contribution >= 4 is 21.6 Å². The van der Waals surface area contributed by atoms with Gasteiger partial charge >= 0.3 is 0 Å². The van der Waals surface area contributed by atoms with Crippen LogP contribution in [0.3, 0.4) is 0 Å². The first-order chi connectivity index (χ1) is 10.4. The Bertz CT molecular complexity index is 605. The fraction of sp³-hybridized carbons (Fsp3) is 0.562. The van der Waals surface area contributed by atoms with Gasteiger partial charge < -0.3 is 4.90 Å². The highest BCUT2D eigenvalue weighted by molar-refractivity contribution is 7.92. The van der Waals surface area contributed by atoms with Crippen molar-refractivity contribution in [2.45, 2.75) is 32.6 Å². The summed E-state index contributed by atoms with van der Waals surface area (Å²) in [4.78, 5) is 14.1. The van der Waals surface area contributed by atoms with Crippen molar-refractivity contribution in [2.75, 3.05) is 30.2 Å². The molecule has 0 atom stereocenters. The SMILES string of the molecule is CCc1ccc(N(CC(=O)N2CCCCC2)S(C)(=O)=O)cc1. The molecule has 0 radical (unpaired) electrons. The predicted molar refractivity (Wildman–Crippen MR) is 88.4 cm³/mol. The van der Waals surface area contributed by atoms with Crippen molar-refractivity contribution in [3.63, 3.8) is 0 Å². The van der Waals surface area contributed by atoms with Gasteiger partial charge in [-0.2, -0.15) is 0 Å². The van der Waals surface area contributed by atoms with E-state index in [1.54, 1.807) is 17.0 Å². The van der Waals surface area contributed by atoms with Crippen LogP contribution >= 0.6 is 0 Å². The van der Waals surface area contributed by atoms with Crippen LogP contribution in [0, 0.1) is 0 Å². The number of carbonyl (C=O) groups is 1. The zero-order valence-electron chi connectivity index (χ0n) is 13.3. The van der Waals surface area contributed by atoms with Crippen LogP contribution in [0.25, 0.3) is 0 Å². The van der Waals surface area contributed by atoms with E-state index in [2.05, 4.69) is 0 Å². The first kappa shape index (κ1) is 16.8. The van der Waals surface area contributed by atoms with Crippen LogP contribution in [-0.4, -0.2) is 45.1 Å². The van der Waals surface area contributed by atoms with E-state index >= 15 is 0 Å². The van der Waals surface area contributed by atoms with Gasteiger partial charge in [-0.15, -0.1) is 0 Å². The molecule has 0 aliphatic carbocycles. The minimum Gasteiger partial charge on any atom is -0.341 e. The summed E-state index contributed by atoms with van der Waals surface area (Å²) in [5.74, 6) is -0.121. The number of anilines is 1. The molecular formula is C16H24N2O3S. The average molecular weight is 324 g/mol. The fourth-order valence-corrected chi connectivity index (χ4v) is 3.51. The normalized spacial score (nSPS) is 15.6. The molecule has 1 aliphatic rings. The van der Waals surface area contributed by atoms with Crippen LogP contribution in [0.4, 0.5) is 5.69 Å². The number of nitrogens with zero attached hydrogens (tertiary/aromatic N) is 2. The minimum atomic E-state index is -3.49. The molecule has 22 heavy (non-hydrogen) atoms. The summed E-state index contributed by atoms with van der Waals surface area (Å²) < 4.78 is 25.3. The molecule has 1 aliphatic heterocycles. The molecule has 1 saturated heterocycles. The Labute approximate surface area is 133 Å². The zero-order chi connectivity index (χ0) is 16.2. The van der Waals surface area contributed by atoms with Gasteiger partial charge in [0, 0.05) is 13.1 Å². The Morgan fingerprint density at radius 1 is 1.14 bits per heavy atom. The smallest absolute Gasteiger partial charge is 0.243 e. The van der Waals surface area contributed by atoms with Gasteiger partial charge in [0.1, 0.15) is 6.54 Å². The minimum absolute atomic E-state index is 0.121. The molecule has 122 valence electrons. The number of aryl methyl sites for hydroxylation is 1. The number of carbonyl (C=O) groups excluding carboxylic acids is 1. The second-order valence-corrected chi connectivity index (χ2v) is 7.64. The summed E-state index contributed by atoms with van der Waals surface area (Å²) in [6, 6.07) is 7.34. The lowest BCUT2D eigenvalue weighted by Gasteiger charge is -2.30. The van der Waals surface area contributed by atoms with Crippen molar-refractivity contribution in [3.05, 3.63) is 29.8 Å². The van der Waals surface area contributed by atoms with E-state index in [4.69, 9.17) is 0 Å². The second kappa shape index (κ2) is 7.13. The van der Waals surface area contributed by atoms with Gasteiger partial charge in [0.05, 0.1) is 11.9 Å². The first-order valence-electron chi connectivity index (χ1n) is 7.76. The van der Waals surface area contributed by atoms with Crippen molar-refractivity contribution in [2.24, 2.45) is 0 Å². The van der Waals surface area contributed by atoms with E-state index in [-0.39, 0.29) is 12.5 Å². The highest BCUT2D eigenvalue weighted by Gasteiger charge is 2.24. The third kappa shape index (κ3) is 4.22. The molecule has 1 fully saturated rings. The molecule has 0 bridgehead atoms. The number of likely N-dealkylation sites (tertiary alicyclic amines) is 1. The molecule has 0 spiro atoms. The maximum atomic E-state index is 12.4. The summed E-state index contributed by atoms with van der Waals surface area (Å²) in [6.07, 6.45) is 5.17. The average Bonchev–Trinajstić information content (AvgIpc) is 2.52. The highest BCUT2D eigenvalue weighted by Crippen LogP contribution is 2.19. The Kier molecular flexibility index (Phi) is 5.45. The number of amides is 1. The maximum absolute atomic E-state index is 12.4. The topological polar surface area (TPSA) is 57.7 Å². The van der Waals surface area contributed by atoms with Gasteiger partial charge in [-0.25, -0.2) is 8.42 Å². The lowest BCUT2D eigenvalue weighted by molar-refractivity contribution is -0.130. The van der Waals surface area contributed by atoms with Crippen molar-refractivity contribution < 1.29 is 13.2 Å². The molecule has 1 aromatic carbocycles. The quantitative estimate of drug-likeness (QED) is 0.833. The van der Waals surface area contributed by atoms with E-state index < -0.39 is 10.0 Å². The number of piperidine rings is 1. The van der Waals surface area contributed by atoms with Gasteiger partial charge in [-0.3, -0.25) is 9.10 Å². The summed E-state index contributed by atoms with van der Waals surface area (Å²) in [5.41, 5.74) is 1.68. The Morgan fingerprint density at radius 2 is 1.73 bits per heavy atom. The van der Waals surface area contributed by atoms with E-state index in [0.29, 0.717) is 5.69 Å². The van der Waals surface area contributed by atoms with Gasteiger partial charge in [0.25, 0.3) is 0 Å². The molecule has 2 rings (SSSR count). The zero-order valence-corrected chi connectivity index (χ0v) is 14.1. The van der Waals surface area contributed by atoms with Crippen LogP contribution in [0.15, 0.2) is 24.3 Å². The molecule has 0 aromatic heterocycles. The molecule has 1 amide bonds. The standard InChI is InChI=1S/C16H24N2O3S/c1-3-14-7-9-15(10-8-14)18(22(2,20)21)13-16(19)17-11-5-4-6-12-17/h7-10H,3-6,11-13H2,1-2H3. The summed E-state index contributed by atoms with van der Waals surface area (Å²) >= 11 is 0. The van der Waals surface area contributed by atoms with E-state index in [1.807, 2.05) is 19.1 Å². The predicted octanol–water partition coefficient (Wildman–Crippen LogP) is 2.03. The molecule has 0 saturated carbocycles. The van der Waals surface area contributed by atoms with E-state index in [9.17, 15) is 13.2 Å². The van der Waals surface area contributed by atoms with Crippen LogP contribution in [0.2, 0.25) is 0 Å². The number of sulfonamides is 1. The molecule has 1 aromatic rings. The largest absolute Gasteiger partial charge is 0.341 e. The molecule has 5 nitrogen and oxygen atoms in total. The van der Waals surface area contributed by atoms with Crippen LogP contribution < -0.4 is 4.31 Å². The van der Waals surface area contributed by atoms with Crippen LogP contribution in [-0.2, 0) is 21.2 Å². The third-order valence-corrected chi connectivity index (χ3v) is 5.16. The molecule has 1 heterocycles. The van der Waals surface area contributed by atoms with Gasteiger partial charge in [0.2, 0.25) is 15.9 Å². The number of rotatable bonds is 5. The van der Waals surface area contributed by atoms with Gasteiger partial charge in [0.15, 0.2) is 0 Å². The molecular weight excluding hydrogens is 300 g/mol. The maximum Gasteiger partial charge on any atom is 0.243 e. The third-order valence-electron chi connectivity index (χ3n) is 4.02. The second-order valence-electron chi connectivity index (χ2n) is 5.73. The number of benzene rings is 1. The van der Waals surface area contributed by atoms with Crippen LogP contribution in [0.5, 0.6) is 0 Å². The fourth-order valence-electron chi connectivity index (χ4n) is 2.66.